The molecule has 10 nitrogen and oxygen atoms in total. The summed E-state index contributed by atoms with van der Waals surface area (Å²) in [4.78, 5) is 72.1. The molecule has 2 fully saturated rings. The van der Waals surface area contributed by atoms with Crippen LogP contribution in [0, 0.1) is 17.7 Å². The van der Waals surface area contributed by atoms with Gasteiger partial charge in [0, 0.05) is 5.56 Å². The normalized spacial score (nSPS) is 20.8. The van der Waals surface area contributed by atoms with Crippen molar-refractivity contribution < 1.29 is 52.3 Å². The lowest BCUT2D eigenvalue weighted by Crippen LogP contribution is -2.31. The Balaban J connectivity index is 0.822. The van der Waals surface area contributed by atoms with Crippen molar-refractivity contribution in [1.29, 1.82) is 0 Å². The number of carbonyl (C=O) groups is 5. The maximum Gasteiger partial charge on any atom is 0.321 e. The molecule has 0 aromatic heterocycles. The van der Waals surface area contributed by atoms with Crippen molar-refractivity contribution in [3.05, 3.63) is 101 Å². The molecule has 52 heavy (non-hydrogen) atoms. The van der Waals surface area contributed by atoms with Gasteiger partial charge in [-0.2, -0.15) is 4.89 Å². The molecule has 3 aliphatic rings. The molecular formula is C41H41FO10. The number of hydrogen-bond donors (Lipinski definition) is 0. The lowest BCUT2D eigenvalue weighted by atomic mass is 9.67. The van der Waals surface area contributed by atoms with Crippen molar-refractivity contribution in [3.8, 4) is 11.5 Å². The minimum absolute atomic E-state index is 0.0453. The van der Waals surface area contributed by atoms with Crippen LogP contribution in [0.5, 0.6) is 11.5 Å². The molecule has 2 saturated heterocycles. The minimum atomic E-state index is -0.739. The van der Waals surface area contributed by atoms with E-state index in [0.29, 0.717) is 35.8 Å². The molecule has 0 spiro atoms. The molecule has 0 radical (unpaired) electrons. The molecule has 0 bridgehead atoms. The van der Waals surface area contributed by atoms with Gasteiger partial charge < -0.3 is 19.1 Å². The third kappa shape index (κ3) is 9.19. The molecule has 2 heterocycles. The van der Waals surface area contributed by atoms with Gasteiger partial charge in [0.1, 0.15) is 11.6 Å². The van der Waals surface area contributed by atoms with Gasteiger partial charge in [-0.1, -0.05) is 62.8 Å². The zero-order valence-corrected chi connectivity index (χ0v) is 28.8. The fraction of sp³-hybridized carbons (Fsp3) is 0.390. The smallest absolute Gasteiger partial charge is 0.321 e. The predicted octanol–water partition coefficient (Wildman–Crippen LogP) is 7.59. The van der Waals surface area contributed by atoms with Crippen molar-refractivity contribution in [1.82, 2.24) is 0 Å². The van der Waals surface area contributed by atoms with Crippen LogP contribution in [0.1, 0.15) is 103 Å². The van der Waals surface area contributed by atoms with Crippen molar-refractivity contribution in [2.45, 2.75) is 76.0 Å². The molecule has 6 rings (SSSR count). The number of esters is 4. The van der Waals surface area contributed by atoms with Crippen LogP contribution in [-0.2, 0) is 33.5 Å². The van der Waals surface area contributed by atoms with Gasteiger partial charge >= 0.3 is 23.9 Å². The van der Waals surface area contributed by atoms with Gasteiger partial charge in [0.2, 0.25) is 0 Å². The lowest BCUT2D eigenvalue weighted by molar-refractivity contribution is -0.207. The second-order valence-corrected chi connectivity index (χ2v) is 13.4. The number of rotatable bonds is 18. The Bertz CT molecular complexity index is 1800. The van der Waals surface area contributed by atoms with Gasteiger partial charge in [0.05, 0.1) is 37.4 Å². The Kier molecular flexibility index (Phi) is 12.2. The number of fused-ring (bicyclic) bond motifs is 3. The first-order valence-electron chi connectivity index (χ1n) is 17.9. The van der Waals surface area contributed by atoms with Crippen LogP contribution in [0.3, 0.4) is 0 Å². The SMILES string of the molecule is O=C1CC(C2CC3C(=O)OC(=O)C3c3cc(OCCCCCCCCCCOOc4ccc(C=CC(=O)c5ccc(F)cc5)cc4)ccc32)C(=O)O1. The molecule has 272 valence electrons. The Hall–Kier alpha value is -5.16. The van der Waals surface area contributed by atoms with Gasteiger partial charge in [-0.3, -0.25) is 24.0 Å². The highest BCUT2D eigenvalue weighted by atomic mass is 19.1. The number of hydrogen-bond acceptors (Lipinski definition) is 10. The summed E-state index contributed by atoms with van der Waals surface area (Å²) in [6.45, 7) is 0.997. The Morgan fingerprint density at radius 1 is 0.692 bits per heavy atom. The largest absolute Gasteiger partial charge is 0.494 e. The first-order valence-corrected chi connectivity index (χ1v) is 17.9. The summed E-state index contributed by atoms with van der Waals surface area (Å²) >= 11 is 0. The van der Waals surface area contributed by atoms with Crippen molar-refractivity contribution in [2.75, 3.05) is 13.2 Å². The van der Waals surface area contributed by atoms with E-state index in [0.717, 1.165) is 62.5 Å². The van der Waals surface area contributed by atoms with E-state index in [1.54, 1.807) is 24.3 Å². The highest BCUT2D eigenvalue weighted by Gasteiger charge is 2.53. The average Bonchev–Trinajstić information content (AvgIpc) is 3.64. The second kappa shape index (κ2) is 17.4. The first-order chi connectivity index (χ1) is 25.3. The summed E-state index contributed by atoms with van der Waals surface area (Å²) < 4.78 is 28.8. The molecule has 4 atom stereocenters. The fourth-order valence-corrected chi connectivity index (χ4v) is 7.09. The number of unbranched alkanes of at least 4 members (excludes halogenated alkanes) is 7. The van der Waals surface area contributed by atoms with E-state index in [-0.39, 0.29) is 24.4 Å². The van der Waals surface area contributed by atoms with Gasteiger partial charge in [0.15, 0.2) is 11.5 Å². The zero-order chi connectivity index (χ0) is 36.5. The minimum Gasteiger partial charge on any atom is -0.494 e. The lowest BCUT2D eigenvalue weighted by Gasteiger charge is -2.33. The summed E-state index contributed by atoms with van der Waals surface area (Å²) in [5.74, 6) is -4.32. The summed E-state index contributed by atoms with van der Waals surface area (Å²) in [7, 11) is 0. The molecule has 1 aliphatic carbocycles. The summed E-state index contributed by atoms with van der Waals surface area (Å²) in [6, 6.07) is 18.0. The number of carbonyl (C=O) groups excluding carboxylic acids is 5. The van der Waals surface area contributed by atoms with E-state index in [9.17, 15) is 28.4 Å². The molecule has 3 aromatic rings. The van der Waals surface area contributed by atoms with Crippen LogP contribution in [0.15, 0.2) is 72.8 Å². The van der Waals surface area contributed by atoms with Crippen LogP contribution in [0.4, 0.5) is 4.39 Å². The Morgan fingerprint density at radius 2 is 1.35 bits per heavy atom. The van der Waals surface area contributed by atoms with Crippen LogP contribution >= 0.6 is 0 Å². The van der Waals surface area contributed by atoms with Gasteiger partial charge in [-0.05, 0) is 96.5 Å². The number of cyclic esters (lactones) is 4. The third-order valence-electron chi connectivity index (χ3n) is 9.83. The van der Waals surface area contributed by atoms with Crippen LogP contribution in [0.2, 0.25) is 0 Å². The average molecular weight is 713 g/mol. The molecular weight excluding hydrogens is 671 g/mol. The third-order valence-corrected chi connectivity index (χ3v) is 9.83. The van der Waals surface area contributed by atoms with Gasteiger partial charge in [0.25, 0.3) is 0 Å². The zero-order valence-electron chi connectivity index (χ0n) is 28.8. The monoisotopic (exact) mass is 712 g/mol. The topological polar surface area (TPSA) is 132 Å². The number of ketones is 1. The predicted molar refractivity (Wildman–Crippen MR) is 186 cm³/mol. The van der Waals surface area contributed by atoms with E-state index in [4.69, 9.17) is 24.0 Å². The number of benzene rings is 3. The van der Waals surface area contributed by atoms with Crippen molar-refractivity contribution in [2.24, 2.45) is 11.8 Å². The fourth-order valence-electron chi connectivity index (χ4n) is 7.09. The van der Waals surface area contributed by atoms with Gasteiger partial charge in [-0.15, -0.1) is 0 Å². The van der Waals surface area contributed by atoms with Crippen LogP contribution in [-0.4, -0.2) is 42.9 Å². The molecule has 3 aromatic carbocycles. The van der Waals surface area contributed by atoms with E-state index in [1.807, 2.05) is 24.3 Å². The number of ether oxygens (including phenoxy) is 3. The Morgan fingerprint density at radius 3 is 2.04 bits per heavy atom. The van der Waals surface area contributed by atoms with E-state index in [2.05, 4.69) is 0 Å². The van der Waals surface area contributed by atoms with Crippen LogP contribution in [0.25, 0.3) is 6.08 Å². The summed E-state index contributed by atoms with van der Waals surface area (Å²) in [5.41, 5.74) is 2.63. The molecule has 0 saturated carbocycles. The van der Waals surface area contributed by atoms with Gasteiger partial charge in [-0.25, -0.2) is 4.39 Å². The summed E-state index contributed by atoms with van der Waals surface area (Å²) in [6.07, 6.45) is 11.6. The molecule has 0 amide bonds. The maximum atomic E-state index is 13.0. The highest BCUT2D eigenvalue weighted by molar-refractivity contribution is 6.06. The number of halogens is 1. The van der Waals surface area contributed by atoms with E-state index >= 15 is 0 Å². The summed E-state index contributed by atoms with van der Waals surface area (Å²) in [5, 5.41) is 0. The quantitative estimate of drug-likeness (QED) is 0.0247. The van der Waals surface area contributed by atoms with E-state index in [1.165, 1.54) is 30.3 Å². The van der Waals surface area contributed by atoms with E-state index < -0.39 is 47.5 Å². The van der Waals surface area contributed by atoms with Crippen molar-refractivity contribution >= 4 is 35.7 Å². The highest BCUT2D eigenvalue weighted by Crippen LogP contribution is 2.51. The van der Waals surface area contributed by atoms with Crippen LogP contribution < -0.4 is 9.62 Å². The number of allylic oxidation sites excluding steroid dienone is 1. The first kappa shape index (κ1) is 36.6. The maximum absolute atomic E-state index is 13.0. The second-order valence-electron chi connectivity index (χ2n) is 13.4. The standard InChI is InChI=1S/C41H41FO10/c42-28-14-12-27(13-15-28)36(43)20-11-26-9-16-29(17-10-26)52-49-22-8-6-4-2-1-3-5-7-21-48-30-18-19-31-32(34-25-37(44)50-39(34)45)24-35-38(33(31)23-30)41(47)51-40(35)46/h9-20,23,32,34-35,38H,1-8,21-22,24-25H2. The Labute approximate surface area is 301 Å². The molecule has 11 heteroatoms. The molecule has 2 aliphatic heterocycles. The molecule has 0 N–H and O–H groups in total. The molecule has 4 unspecified atom stereocenters. The van der Waals surface area contributed by atoms with Crippen molar-refractivity contribution in [3.63, 3.8) is 0 Å².